The highest BCUT2D eigenvalue weighted by Gasteiger charge is 2.21. The number of carbonyl (C=O) groups is 1. The summed E-state index contributed by atoms with van der Waals surface area (Å²) in [6.45, 7) is 1.66. The van der Waals surface area contributed by atoms with E-state index in [1.54, 1.807) is 23.1 Å². The molecule has 3 aromatic heterocycles. The van der Waals surface area contributed by atoms with Gasteiger partial charge in [0, 0.05) is 37.3 Å². The lowest BCUT2D eigenvalue weighted by Crippen LogP contribution is -2.27. The quantitative estimate of drug-likeness (QED) is 0.511. The molecule has 8 heteroatoms. The van der Waals surface area contributed by atoms with Crippen molar-refractivity contribution in [3.05, 3.63) is 53.9 Å². The first-order valence-electron chi connectivity index (χ1n) is 9.29. The number of pyridine rings is 1. The van der Waals surface area contributed by atoms with Crippen LogP contribution in [0.3, 0.4) is 0 Å². The molecule has 1 aliphatic rings. The van der Waals surface area contributed by atoms with E-state index in [4.69, 9.17) is 0 Å². The van der Waals surface area contributed by atoms with E-state index in [1.807, 2.05) is 40.6 Å². The standard InChI is InChI=1S/C21H18N6O.ClH/c1-25-17-10-15(21(28)26-8-2-3-9-26)5-6-16(17)20(24-25)18-12-23-19-7-4-14(11-22)13-27(18)19;/h4-7,10,12-13H,2-3,8-9H2,1H3;1H. The molecule has 146 valence electrons. The van der Waals surface area contributed by atoms with E-state index in [2.05, 4.69) is 16.2 Å². The number of rotatable bonds is 2. The molecule has 0 atom stereocenters. The summed E-state index contributed by atoms with van der Waals surface area (Å²) < 4.78 is 3.67. The van der Waals surface area contributed by atoms with Gasteiger partial charge in [0.1, 0.15) is 17.4 Å². The molecule has 0 saturated carbocycles. The minimum absolute atomic E-state index is 0. The molecule has 1 saturated heterocycles. The van der Waals surface area contributed by atoms with Gasteiger partial charge in [0.2, 0.25) is 0 Å². The normalized spacial score (nSPS) is 13.6. The Morgan fingerprint density at radius 2 is 1.97 bits per heavy atom. The molecular weight excluding hydrogens is 388 g/mol. The van der Waals surface area contributed by atoms with Crippen LogP contribution < -0.4 is 0 Å². The molecule has 0 unspecified atom stereocenters. The zero-order valence-corrected chi connectivity index (χ0v) is 16.7. The van der Waals surface area contributed by atoms with Crippen molar-refractivity contribution >= 4 is 34.9 Å². The minimum atomic E-state index is 0. The maximum absolute atomic E-state index is 12.7. The zero-order chi connectivity index (χ0) is 19.3. The van der Waals surface area contributed by atoms with Crippen LogP contribution in [0.15, 0.2) is 42.7 Å². The fraction of sp³-hybridized carbons (Fsp3) is 0.238. The van der Waals surface area contributed by atoms with Crippen LogP contribution in [0.25, 0.3) is 27.9 Å². The molecule has 1 amide bonds. The summed E-state index contributed by atoms with van der Waals surface area (Å²) in [5.74, 6) is 0.0793. The van der Waals surface area contributed by atoms with Gasteiger partial charge in [0.05, 0.1) is 23.0 Å². The molecule has 0 N–H and O–H groups in total. The molecule has 1 aromatic carbocycles. The fourth-order valence-electron chi connectivity index (χ4n) is 3.90. The van der Waals surface area contributed by atoms with E-state index < -0.39 is 0 Å². The van der Waals surface area contributed by atoms with Crippen LogP contribution in [0.2, 0.25) is 0 Å². The van der Waals surface area contributed by atoms with Gasteiger partial charge in [-0.2, -0.15) is 10.4 Å². The third-order valence-electron chi connectivity index (χ3n) is 5.37. The van der Waals surface area contributed by atoms with Gasteiger partial charge in [-0.3, -0.25) is 13.9 Å². The lowest BCUT2D eigenvalue weighted by atomic mass is 10.1. The number of nitriles is 1. The Hall–Kier alpha value is -3.37. The van der Waals surface area contributed by atoms with Crippen molar-refractivity contribution in [1.29, 1.82) is 5.26 Å². The van der Waals surface area contributed by atoms with Crippen LogP contribution in [-0.4, -0.2) is 43.1 Å². The first-order valence-corrected chi connectivity index (χ1v) is 9.29. The van der Waals surface area contributed by atoms with Gasteiger partial charge in [-0.05, 0) is 43.2 Å². The van der Waals surface area contributed by atoms with Gasteiger partial charge in [0.25, 0.3) is 5.91 Å². The van der Waals surface area contributed by atoms with Crippen LogP contribution in [0, 0.1) is 11.3 Å². The topological polar surface area (TPSA) is 79.2 Å². The van der Waals surface area contributed by atoms with Crippen molar-refractivity contribution in [3.63, 3.8) is 0 Å². The highest BCUT2D eigenvalue weighted by Crippen LogP contribution is 2.29. The number of hydrogen-bond donors (Lipinski definition) is 0. The molecule has 4 heterocycles. The third kappa shape index (κ3) is 3.02. The van der Waals surface area contributed by atoms with E-state index in [-0.39, 0.29) is 18.3 Å². The number of aromatic nitrogens is 4. The number of imidazole rings is 1. The Kier molecular flexibility index (Phi) is 4.73. The SMILES string of the molecule is Cl.Cn1nc(-c2cnc3ccc(C#N)cn23)c2ccc(C(=O)N3CCCC3)cc21. The van der Waals surface area contributed by atoms with Gasteiger partial charge < -0.3 is 4.90 Å². The zero-order valence-electron chi connectivity index (χ0n) is 15.9. The van der Waals surface area contributed by atoms with Crippen molar-refractivity contribution in [3.8, 4) is 17.5 Å². The maximum Gasteiger partial charge on any atom is 0.253 e. The smallest absolute Gasteiger partial charge is 0.253 e. The van der Waals surface area contributed by atoms with Gasteiger partial charge in [-0.15, -0.1) is 12.4 Å². The van der Waals surface area contributed by atoms with E-state index in [0.29, 0.717) is 11.1 Å². The Morgan fingerprint density at radius 1 is 1.17 bits per heavy atom. The molecule has 0 bridgehead atoms. The molecule has 29 heavy (non-hydrogen) atoms. The number of amides is 1. The third-order valence-corrected chi connectivity index (χ3v) is 5.37. The Morgan fingerprint density at radius 3 is 2.72 bits per heavy atom. The van der Waals surface area contributed by atoms with Crippen LogP contribution in [-0.2, 0) is 7.05 Å². The molecule has 7 nitrogen and oxygen atoms in total. The molecule has 4 aromatic rings. The lowest BCUT2D eigenvalue weighted by molar-refractivity contribution is 0.0793. The fourth-order valence-corrected chi connectivity index (χ4v) is 3.90. The second-order valence-electron chi connectivity index (χ2n) is 7.10. The first-order chi connectivity index (χ1) is 13.7. The number of carbonyl (C=O) groups excluding carboxylic acids is 1. The summed E-state index contributed by atoms with van der Waals surface area (Å²) >= 11 is 0. The van der Waals surface area contributed by atoms with E-state index in [1.165, 1.54) is 0 Å². The predicted octanol–water partition coefficient (Wildman–Crippen LogP) is 3.42. The summed E-state index contributed by atoms with van der Waals surface area (Å²) in [5.41, 5.74) is 4.50. The number of likely N-dealkylation sites (tertiary alicyclic amines) is 1. The molecule has 5 rings (SSSR count). The predicted molar refractivity (Wildman–Crippen MR) is 112 cm³/mol. The monoisotopic (exact) mass is 406 g/mol. The average molecular weight is 407 g/mol. The Labute approximate surface area is 173 Å². The van der Waals surface area contributed by atoms with E-state index in [0.717, 1.165) is 53.9 Å². The van der Waals surface area contributed by atoms with Crippen molar-refractivity contribution < 1.29 is 4.79 Å². The number of benzene rings is 1. The Bertz CT molecular complexity index is 1280. The van der Waals surface area contributed by atoms with Crippen molar-refractivity contribution in [2.75, 3.05) is 13.1 Å². The maximum atomic E-state index is 12.7. The average Bonchev–Trinajstić information content (AvgIpc) is 3.46. The van der Waals surface area contributed by atoms with Gasteiger partial charge in [-0.25, -0.2) is 4.98 Å². The second kappa shape index (κ2) is 7.22. The van der Waals surface area contributed by atoms with Crippen molar-refractivity contribution in [1.82, 2.24) is 24.1 Å². The van der Waals surface area contributed by atoms with Gasteiger partial charge in [0.15, 0.2) is 0 Å². The molecule has 0 spiro atoms. The first kappa shape index (κ1) is 19.0. The van der Waals surface area contributed by atoms with E-state index >= 15 is 0 Å². The van der Waals surface area contributed by atoms with Crippen LogP contribution in [0.4, 0.5) is 0 Å². The molecule has 0 aliphatic carbocycles. The number of aryl methyl sites for hydroxylation is 1. The number of halogens is 1. The van der Waals surface area contributed by atoms with Crippen LogP contribution >= 0.6 is 12.4 Å². The van der Waals surface area contributed by atoms with Crippen LogP contribution in [0.5, 0.6) is 0 Å². The molecular formula is C21H19ClN6O. The summed E-state index contributed by atoms with van der Waals surface area (Å²) in [6.07, 6.45) is 5.68. The summed E-state index contributed by atoms with van der Waals surface area (Å²) in [6, 6.07) is 11.5. The summed E-state index contributed by atoms with van der Waals surface area (Å²) in [4.78, 5) is 19.1. The molecule has 1 fully saturated rings. The second-order valence-corrected chi connectivity index (χ2v) is 7.10. The minimum Gasteiger partial charge on any atom is -0.339 e. The van der Waals surface area contributed by atoms with Gasteiger partial charge >= 0.3 is 0 Å². The van der Waals surface area contributed by atoms with Gasteiger partial charge in [-0.1, -0.05) is 0 Å². The summed E-state index contributed by atoms with van der Waals surface area (Å²) in [5, 5.41) is 14.8. The molecule has 0 radical (unpaired) electrons. The number of nitrogens with zero attached hydrogens (tertiary/aromatic N) is 6. The summed E-state index contributed by atoms with van der Waals surface area (Å²) in [7, 11) is 1.87. The van der Waals surface area contributed by atoms with Crippen molar-refractivity contribution in [2.45, 2.75) is 12.8 Å². The number of hydrogen-bond acceptors (Lipinski definition) is 4. The van der Waals surface area contributed by atoms with Crippen molar-refractivity contribution in [2.24, 2.45) is 7.05 Å². The van der Waals surface area contributed by atoms with Crippen LogP contribution in [0.1, 0.15) is 28.8 Å². The highest BCUT2D eigenvalue weighted by molar-refractivity contribution is 6.01. The Balaban J connectivity index is 0.00000205. The molecule has 1 aliphatic heterocycles. The largest absolute Gasteiger partial charge is 0.339 e. The number of fused-ring (bicyclic) bond motifs is 2. The lowest BCUT2D eigenvalue weighted by Gasteiger charge is -2.15. The van der Waals surface area contributed by atoms with E-state index in [9.17, 15) is 10.1 Å². The highest BCUT2D eigenvalue weighted by atomic mass is 35.5.